The van der Waals surface area contributed by atoms with Crippen molar-refractivity contribution in [3.63, 3.8) is 0 Å². The first-order valence-corrected chi connectivity index (χ1v) is 10.1. The van der Waals surface area contributed by atoms with Crippen molar-refractivity contribution in [1.82, 2.24) is 9.80 Å². The van der Waals surface area contributed by atoms with Gasteiger partial charge in [-0.25, -0.2) is 4.79 Å². The summed E-state index contributed by atoms with van der Waals surface area (Å²) >= 11 is 9.46. The average molecular weight is 419 g/mol. The van der Waals surface area contributed by atoms with Gasteiger partial charge in [0.1, 0.15) is 6.42 Å². The van der Waals surface area contributed by atoms with Crippen molar-refractivity contribution < 1.29 is 24.0 Å². The molecule has 0 N–H and O–H groups in total. The van der Waals surface area contributed by atoms with Crippen LogP contribution in [-0.4, -0.2) is 50.7 Å². The van der Waals surface area contributed by atoms with Crippen LogP contribution in [0.25, 0.3) is 0 Å². The molecule has 3 rings (SSSR count). The molecule has 0 unspecified atom stereocenters. The highest BCUT2D eigenvalue weighted by atomic mass is 35.5. The van der Waals surface area contributed by atoms with Gasteiger partial charge in [0.05, 0.1) is 6.42 Å². The molecule has 3 aliphatic rings. The van der Waals surface area contributed by atoms with Crippen LogP contribution >= 0.6 is 23.2 Å². The first kappa shape index (κ1) is 21.8. The van der Waals surface area contributed by atoms with E-state index in [4.69, 9.17) is 23.2 Å². The normalized spacial score (nSPS) is 21.0. The number of carbonyl (C=O) groups excluding carboxylic acids is 5. The molecule has 4 amide bonds. The Bertz CT molecular complexity index is 603. The lowest BCUT2D eigenvalue weighted by molar-refractivity contribution is -0.144. The molecule has 9 heteroatoms. The zero-order chi connectivity index (χ0) is 20.0. The summed E-state index contributed by atoms with van der Waals surface area (Å²) in [5.74, 6) is 0.0682. The van der Waals surface area contributed by atoms with Crippen molar-refractivity contribution >= 4 is 51.5 Å². The summed E-state index contributed by atoms with van der Waals surface area (Å²) in [5.41, 5.74) is 0. The quantitative estimate of drug-likeness (QED) is 0.487. The van der Waals surface area contributed by atoms with Gasteiger partial charge in [-0.3, -0.25) is 29.0 Å². The molecule has 1 aliphatic heterocycles. The minimum Gasteiger partial charge on any atom is -0.281 e. The molecule has 7 nitrogen and oxygen atoms in total. The summed E-state index contributed by atoms with van der Waals surface area (Å²) in [6, 6.07) is -0.348. The number of carbonyl (C=O) groups is 5. The van der Waals surface area contributed by atoms with E-state index in [1.807, 2.05) is 0 Å². The van der Waals surface area contributed by atoms with Crippen molar-refractivity contribution in [3.8, 4) is 0 Å². The first-order chi connectivity index (χ1) is 12.8. The lowest BCUT2D eigenvalue weighted by Crippen LogP contribution is -2.58. The standard InChI is InChI=1S/C15H22N2O3.C3H2Cl2O2/c18-13-10-14(19)17(12-4-2-1-3-5-12)15(20)16(13)9-8-11-6-7-11;4-2(6)1-3(5)7/h11-12H,1-10H2;1H2. The topological polar surface area (TPSA) is 91.8 Å². The van der Waals surface area contributed by atoms with E-state index in [1.54, 1.807) is 0 Å². The third-order valence-electron chi connectivity index (χ3n) is 4.98. The summed E-state index contributed by atoms with van der Waals surface area (Å²) in [5, 5.41) is -1.44. The molecule has 2 aliphatic carbocycles. The summed E-state index contributed by atoms with van der Waals surface area (Å²) in [4.78, 5) is 58.6. The SMILES string of the molecule is O=C(Cl)CC(=O)Cl.O=C1CC(=O)N(C2CCCCC2)C(=O)N1CCC1CC1. The number of amides is 4. The molecule has 27 heavy (non-hydrogen) atoms. The third kappa shape index (κ3) is 6.88. The van der Waals surface area contributed by atoms with Crippen molar-refractivity contribution in [1.29, 1.82) is 0 Å². The molecule has 0 bridgehead atoms. The van der Waals surface area contributed by atoms with Crippen LogP contribution in [0.5, 0.6) is 0 Å². The second kappa shape index (κ2) is 10.2. The highest BCUT2D eigenvalue weighted by Gasteiger charge is 2.41. The molecule has 3 fully saturated rings. The molecule has 0 atom stereocenters. The molecule has 0 spiro atoms. The van der Waals surface area contributed by atoms with Crippen LogP contribution in [0.1, 0.15) is 64.2 Å². The van der Waals surface area contributed by atoms with Crippen molar-refractivity contribution in [2.75, 3.05) is 6.54 Å². The molecule has 0 aromatic carbocycles. The summed E-state index contributed by atoms with van der Waals surface area (Å²) in [6.07, 6.45) is 7.89. The van der Waals surface area contributed by atoms with Gasteiger partial charge in [-0.15, -0.1) is 0 Å². The number of urea groups is 1. The van der Waals surface area contributed by atoms with Crippen molar-refractivity contribution in [3.05, 3.63) is 0 Å². The average Bonchev–Trinajstić information content (AvgIpc) is 3.39. The number of rotatable bonds is 6. The molecule has 1 saturated heterocycles. The Morgan fingerprint density at radius 2 is 1.48 bits per heavy atom. The molecule has 2 saturated carbocycles. The summed E-state index contributed by atoms with van der Waals surface area (Å²) < 4.78 is 0. The Labute approximate surface area is 168 Å². The Kier molecular flexibility index (Phi) is 8.23. The predicted octanol–water partition coefficient (Wildman–Crippen LogP) is 3.21. The van der Waals surface area contributed by atoms with E-state index in [0.717, 1.165) is 32.1 Å². The maximum atomic E-state index is 12.5. The number of hydrogen-bond donors (Lipinski definition) is 0. The van der Waals surface area contributed by atoms with E-state index >= 15 is 0 Å². The molecular weight excluding hydrogens is 395 g/mol. The van der Waals surface area contributed by atoms with Crippen molar-refractivity contribution in [2.24, 2.45) is 5.92 Å². The van der Waals surface area contributed by atoms with E-state index in [2.05, 4.69) is 0 Å². The summed E-state index contributed by atoms with van der Waals surface area (Å²) in [6.45, 7) is 0.485. The molecule has 0 aromatic heterocycles. The largest absolute Gasteiger partial charge is 0.333 e. The third-order valence-corrected chi connectivity index (χ3v) is 5.25. The second-order valence-corrected chi connectivity index (χ2v) is 8.02. The van der Waals surface area contributed by atoms with Gasteiger partial charge in [-0.05, 0) is 48.4 Å². The molecule has 150 valence electrons. The first-order valence-electron chi connectivity index (χ1n) is 9.32. The second-order valence-electron chi connectivity index (χ2n) is 7.18. The molecule has 0 aromatic rings. The monoisotopic (exact) mass is 418 g/mol. The van der Waals surface area contributed by atoms with Crippen LogP contribution in [-0.2, 0) is 19.2 Å². The summed E-state index contributed by atoms with van der Waals surface area (Å²) in [7, 11) is 0. The number of hydrogen-bond acceptors (Lipinski definition) is 5. The van der Waals surface area contributed by atoms with Crippen molar-refractivity contribution in [2.45, 2.75) is 70.3 Å². The highest BCUT2D eigenvalue weighted by Crippen LogP contribution is 2.33. The van der Waals surface area contributed by atoms with Gasteiger partial charge in [0.15, 0.2) is 0 Å². The van der Waals surface area contributed by atoms with Gasteiger partial charge in [-0.2, -0.15) is 0 Å². The van der Waals surface area contributed by atoms with Crippen LogP contribution < -0.4 is 0 Å². The maximum absolute atomic E-state index is 12.5. The van der Waals surface area contributed by atoms with Gasteiger partial charge in [-0.1, -0.05) is 32.1 Å². The Hall–Kier alpha value is -1.47. The van der Waals surface area contributed by atoms with Gasteiger partial charge < -0.3 is 0 Å². The fourth-order valence-corrected chi connectivity index (χ4v) is 3.71. The fraction of sp³-hybridized carbons (Fsp3) is 0.722. The van der Waals surface area contributed by atoms with Crippen LogP contribution in [0.3, 0.4) is 0 Å². The van der Waals surface area contributed by atoms with E-state index in [0.29, 0.717) is 12.5 Å². The van der Waals surface area contributed by atoms with Gasteiger partial charge >= 0.3 is 6.03 Å². The predicted molar refractivity (Wildman–Crippen MR) is 99.1 cm³/mol. The van der Waals surface area contributed by atoms with Crippen LogP contribution in [0, 0.1) is 5.92 Å². The molecule has 1 heterocycles. The Morgan fingerprint density at radius 3 is 1.96 bits per heavy atom. The zero-order valence-electron chi connectivity index (χ0n) is 15.1. The Balaban J connectivity index is 0.000000321. The number of barbiturate groups is 1. The van der Waals surface area contributed by atoms with E-state index in [1.165, 1.54) is 29.1 Å². The fourth-order valence-electron chi connectivity index (χ4n) is 3.40. The molecule has 0 radical (unpaired) electrons. The number of imide groups is 2. The molecular formula is C18H24Cl2N2O5. The minimum atomic E-state index is -0.722. The zero-order valence-corrected chi connectivity index (χ0v) is 16.6. The number of nitrogens with zero attached hydrogens (tertiary/aromatic N) is 2. The minimum absolute atomic E-state index is 0.0141. The van der Waals surface area contributed by atoms with E-state index in [-0.39, 0.29) is 36.7 Å². The van der Waals surface area contributed by atoms with Gasteiger partial charge in [0.25, 0.3) is 0 Å². The van der Waals surface area contributed by atoms with Crippen LogP contribution in [0.4, 0.5) is 4.79 Å². The highest BCUT2D eigenvalue weighted by molar-refractivity contribution is 6.72. The van der Waals surface area contributed by atoms with E-state index in [9.17, 15) is 24.0 Å². The van der Waals surface area contributed by atoms with Crippen LogP contribution in [0.15, 0.2) is 0 Å². The Morgan fingerprint density at radius 1 is 0.889 bits per heavy atom. The lowest BCUT2D eigenvalue weighted by Gasteiger charge is -2.39. The maximum Gasteiger partial charge on any atom is 0.333 e. The smallest absolute Gasteiger partial charge is 0.281 e. The van der Waals surface area contributed by atoms with E-state index < -0.39 is 10.5 Å². The van der Waals surface area contributed by atoms with Gasteiger partial charge in [0.2, 0.25) is 22.3 Å². The number of halogens is 2. The van der Waals surface area contributed by atoms with Gasteiger partial charge in [0, 0.05) is 12.6 Å². The lowest BCUT2D eigenvalue weighted by atomic mass is 9.93. The van der Waals surface area contributed by atoms with Crippen LogP contribution in [0.2, 0.25) is 0 Å².